The standard InChI is InChI=1S/C10H10FN5O2/c11-6-4(5(6)2-17)1-16-3-13-8-7(16)9(18)15-10(12)14-8/h1,3,5-6,17H,2H2,(H3,12,14,15,18)/b4-1+/t5-,6+/m0/s1. The Balaban J connectivity index is 2.12. The quantitative estimate of drug-likeness (QED) is 0.666. The van der Waals surface area contributed by atoms with Gasteiger partial charge in [0.05, 0.1) is 6.61 Å². The van der Waals surface area contributed by atoms with E-state index in [0.29, 0.717) is 5.57 Å². The molecule has 0 amide bonds. The molecule has 0 aliphatic heterocycles. The zero-order chi connectivity index (χ0) is 12.9. The molecule has 3 rings (SSSR count). The number of alkyl halides is 1. The highest BCUT2D eigenvalue weighted by Crippen LogP contribution is 2.41. The topological polar surface area (TPSA) is 110 Å². The molecule has 2 heterocycles. The highest BCUT2D eigenvalue weighted by Gasteiger charge is 2.44. The predicted octanol–water partition coefficient (Wildman–Crippen LogP) is -0.497. The van der Waals surface area contributed by atoms with Crippen LogP contribution in [0, 0.1) is 5.92 Å². The third-order valence-corrected chi connectivity index (χ3v) is 2.93. The van der Waals surface area contributed by atoms with Crippen LogP contribution in [-0.4, -0.2) is 37.4 Å². The SMILES string of the molecule is Nc1nc2ncn(/C=C3/[C@@H](F)[C@H]3CO)c2c(=O)[nH]1. The number of hydrogen-bond donors (Lipinski definition) is 3. The first-order chi connectivity index (χ1) is 8.61. The Bertz CT molecular complexity index is 704. The van der Waals surface area contributed by atoms with Gasteiger partial charge in [0.15, 0.2) is 11.2 Å². The molecule has 1 saturated carbocycles. The van der Waals surface area contributed by atoms with Gasteiger partial charge in [-0.3, -0.25) is 14.3 Å². The van der Waals surface area contributed by atoms with Crippen LogP contribution in [0.1, 0.15) is 0 Å². The number of nitrogen functional groups attached to an aromatic ring is 1. The Morgan fingerprint density at radius 3 is 3.11 bits per heavy atom. The molecule has 0 aromatic carbocycles. The monoisotopic (exact) mass is 251 g/mol. The van der Waals surface area contributed by atoms with E-state index < -0.39 is 17.6 Å². The van der Waals surface area contributed by atoms with E-state index in [-0.39, 0.29) is 23.7 Å². The van der Waals surface area contributed by atoms with E-state index in [9.17, 15) is 9.18 Å². The molecule has 0 unspecified atom stereocenters. The van der Waals surface area contributed by atoms with Crippen LogP contribution in [0.2, 0.25) is 0 Å². The van der Waals surface area contributed by atoms with Crippen LogP contribution in [0.15, 0.2) is 16.7 Å². The van der Waals surface area contributed by atoms with Gasteiger partial charge in [-0.05, 0) is 5.57 Å². The number of H-pyrrole nitrogens is 1. The largest absolute Gasteiger partial charge is 0.396 e. The van der Waals surface area contributed by atoms with Gasteiger partial charge in [-0.2, -0.15) is 4.98 Å². The number of aromatic nitrogens is 4. The van der Waals surface area contributed by atoms with Crippen LogP contribution in [0.3, 0.4) is 0 Å². The number of aromatic amines is 1. The molecule has 8 heteroatoms. The first kappa shape index (κ1) is 10.9. The van der Waals surface area contributed by atoms with Crippen molar-refractivity contribution in [2.24, 2.45) is 5.92 Å². The Morgan fingerprint density at radius 1 is 1.67 bits per heavy atom. The number of rotatable bonds is 2. The maximum Gasteiger partial charge on any atom is 0.278 e. The Morgan fingerprint density at radius 2 is 2.44 bits per heavy atom. The van der Waals surface area contributed by atoms with E-state index >= 15 is 0 Å². The number of nitrogens with one attached hydrogen (secondary N) is 1. The number of hydrogen-bond acceptors (Lipinski definition) is 5. The van der Waals surface area contributed by atoms with E-state index in [4.69, 9.17) is 10.8 Å². The van der Waals surface area contributed by atoms with Gasteiger partial charge in [-0.25, -0.2) is 9.37 Å². The summed E-state index contributed by atoms with van der Waals surface area (Å²) in [6.45, 7) is -0.249. The molecule has 0 bridgehead atoms. The maximum absolute atomic E-state index is 13.2. The number of anilines is 1. The van der Waals surface area contributed by atoms with Gasteiger partial charge in [-0.1, -0.05) is 0 Å². The Labute approximate surface area is 99.8 Å². The normalized spacial score (nSPS) is 24.9. The molecular weight excluding hydrogens is 241 g/mol. The van der Waals surface area contributed by atoms with Crippen molar-refractivity contribution in [2.75, 3.05) is 12.3 Å². The minimum Gasteiger partial charge on any atom is -0.396 e. The molecular formula is C10H10FN5O2. The molecule has 2 aromatic rings. The van der Waals surface area contributed by atoms with Gasteiger partial charge in [0.1, 0.15) is 12.5 Å². The van der Waals surface area contributed by atoms with Gasteiger partial charge in [0, 0.05) is 12.1 Å². The zero-order valence-electron chi connectivity index (χ0n) is 9.17. The molecule has 0 saturated heterocycles. The van der Waals surface area contributed by atoms with Crippen molar-refractivity contribution in [2.45, 2.75) is 6.17 Å². The molecule has 2 atom stereocenters. The summed E-state index contributed by atoms with van der Waals surface area (Å²) in [5, 5.41) is 8.88. The van der Waals surface area contributed by atoms with Crippen LogP contribution < -0.4 is 11.3 Å². The molecule has 0 spiro atoms. The number of halogens is 1. The molecule has 1 aliphatic carbocycles. The van der Waals surface area contributed by atoms with Crippen molar-refractivity contribution >= 4 is 23.3 Å². The molecule has 1 aliphatic rings. The third kappa shape index (κ3) is 1.50. The number of fused-ring (bicyclic) bond motifs is 1. The summed E-state index contributed by atoms with van der Waals surface area (Å²) >= 11 is 0. The third-order valence-electron chi connectivity index (χ3n) is 2.93. The summed E-state index contributed by atoms with van der Waals surface area (Å²) in [6.07, 6.45) is 1.65. The van der Waals surface area contributed by atoms with E-state index in [0.717, 1.165) is 0 Å². The lowest BCUT2D eigenvalue weighted by Crippen LogP contribution is -2.12. The van der Waals surface area contributed by atoms with Gasteiger partial charge in [0.2, 0.25) is 5.95 Å². The van der Waals surface area contributed by atoms with Crippen LogP contribution in [0.25, 0.3) is 17.4 Å². The van der Waals surface area contributed by atoms with Crippen molar-refractivity contribution in [3.63, 3.8) is 0 Å². The van der Waals surface area contributed by atoms with Crippen molar-refractivity contribution in [1.82, 2.24) is 19.5 Å². The molecule has 18 heavy (non-hydrogen) atoms. The molecule has 1 fully saturated rings. The van der Waals surface area contributed by atoms with E-state index in [1.54, 1.807) is 0 Å². The number of nitrogens with two attached hydrogens (primary N) is 1. The molecule has 4 N–H and O–H groups in total. The first-order valence-corrected chi connectivity index (χ1v) is 5.30. The highest BCUT2D eigenvalue weighted by molar-refractivity contribution is 5.74. The Kier molecular flexibility index (Phi) is 2.20. The second kappa shape index (κ2) is 3.64. The average molecular weight is 251 g/mol. The van der Waals surface area contributed by atoms with Gasteiger partial charge >= 0.3 is 0 Å². The zero-order valence-corrected chi connectivity index (χ0v) is 9.17. The van der Waals surface area contributed by atoms with Crippen LogP contribution in [-0.2, 0) is 0 Å². The minimum absolute atomic E-state index is 0.0200. The smallest absolute Gasteiger partial charge is 0.278 e. The average Bonchev–Trinajstić information content (AvgIpc) is 2.74. The van der Waals surface area contributed by atoms with Gasteiger partial charge < -0.3 is 10.8 Å². The van der Waals surface area contributed by atoms with Crippen LogP contribution >= 0.6 is 0 Å². The predicted molar refractivity (Wildman–Crippen MR) is 62.3 cm³/mol. The van der Waals surface area contributed by atoms with E-state index in [1.165, 1.54) is 17.1 Å². The fourth-order valence-electron chi connectivity index (χ4n) is 1.89. The summed E-state index contributed by atoms with van der Waals surface area (Å²) < 4.78 is 14.6. The Hall–Kier alpha value is -2.22. The number of aliphatic hydroxyl groups is 1. The molecule has 7 nitrogen and oxygen atoms in total. The summed E-state index contributed by atoms with van der Waals surface area (Å²) in [5.74, 6) is -0.503. The summed E-state index contributed by atoms with van der Waals surface area (Å²) in [4.78, 5) is 21.8. The van der Waals surface area contributed by atoms with Crippen molar-refractivity contribution < 1.29 is 9.50 Å². The van der Waals surface area contributed by atoms with Crippen molar-refractivity contribution in [3.05, 3.63) is 22.3 Å². The summed E-state index contributed by atoms with van der Waals surface area (Å²) in [6, 6.07) is 0. The second-order valence-electron chi connectivity index (χ2n) is 4.10. The lowest BCUT2D eigenvalue weighted by molar-refractivity contribution is 0.259. The summed E-state index contributed by atoms with van der Waals surface area (Å²) in [5.41, 5.74) is 5.79. The number of aliphatic hydroxyl groups excluding tert-OH is 1. The minimum atomic E-state index is -1.16. The number of nitrogens with zero attached hydrogens (tertiary/aromatic N) is 3. The second-order valence-corrected chi connectivity index (χ2v) is 4.10. The fraction of sp³-hybridized carbons (Fsp3) is 0.300. The van der Waals surface area contributed by atoms with Crippen molar-refractivity contribution in [1.29, 1.82) is 0 Å². The van der Waals surface area contributed by atoms with Crippen LogP contribution in [0.5, 0.6) is 0 Å². The van der Waals surface area contributed by atoms with Gasteiger partial charge in [0.25, 0.3) is 5.56 Å². The maximum atomic E-state index is 13.2. The van der Waals surface area contributed by atoms with Crippen molar-refractivity contribution in [3.8, 4) is 0 Å². The lowest BCUT2D eigenvalue weighted by Gasteiger charge is -1.95. The fourth-order valence-corrected chi connectivity index (χ4v) is 1.89. The van der Waals surface area contributed by atoms with E-state index in [2.05, 4.69) is 15.0 Å². The van der Waals surface area contributed by atoms with Crippen LogP contribution in [0.4, 0.5) is 10.3 Å². The number of imidazole rings is 1. The first-order valence-electron chi connectivity index (χ1n) is 5.30. The molecule has 2 aromatic heterocycles. The molecule has 0 radical (unpaired) electrons. The van der Waals surface area contributed by atoms with Gasteiger partial charge in [-0.15, -0.1) is 0 Å². The lowest BCUT2D eigenvalue weighted by atomic mass is 10.4. The highest BCUT2D eigenvalue weighted by atomic mass is 19.1. The summed E-state index contributed by atoms with van der Waals surface area (Å²) in [7, 11) is 0. The van der Waals surface area contributed by atoms with E-state index in [1.807, 2.05) is 0 Å². The molecule has 94 valence electrons.